The normalized spacial score (nSPS) is 13.4. The number of nitrogens with zero attached hydrogens (tertiary/aromatic N) is 1. The number of nitrogens with one attached hydrogen (secondary N) is 2. The number of carbonyl (C=O) groups excluding carboxylic acids is 2. The number of hydrogen-bond acceptors (Lipinski definition) is 3. The molecule has 0 saturated heterocycles. The summed E-state index contributed by atoms with van der Waals surface area (Å²) in [5.41, 5.74) is 4.17. The lowest BCUT2D eigenvalue weighted by atomic mass is 10.1. The summed E-state index contributed by atoms with van der Waals surface area (Å²) in [4.78, 5) is 29.4. The lowest BCUT2D eigenvalue weighted by Gasteiger charge is -2.13. The van der Waals surface area contributed by atoms with Gasteiger partial charge in [0.1, 0.15) is 0 Å². The molecule has 0 unspecified atom stereocenters. The Morgan fingerprint density at radius 1 is 1.04 bits per heavy atom. The van der Waals surface area contributed by atoms with Crippen LogP contribution in [0.3, 0.4) is 0 Å². The van der Waals surface area contributed by atoms with Gasteiger partial charge in [-0.15, -0.1) is 0 Å². The van der Waals surface area contributed by atoms with E-state index in [1.165, 1.54) is 0 Å². The zero-order valence-electron chi connectivity index (χ0n) is 15.7. The molecule has 1 aliphatic carbocycles. The molecule has 1 fully saturated rings. The first-order chi connectivity index (χ1) is 13.4. The van der Waals surface area contributed by atoms with Gasteiger partial charge in [-0.1, -0.05) is 17.7 Å². The van der Waals surface area contributed by atoms with Crippen LogP contribution in [0.2, 0.25) is 5.02 Å². The number of hydrogen-bond donors (Lipinski definition) is 2. The van der Waals surface area contributed by atoms with E-state index in [0.29, 0.717) is 27.7 Å². The fourth-order valence-corrected chi connectivity index (χ4v) is 3.27. The van der Waals surface area contributed by atoms with Gasteiger partial charge in [0, 0.05) is 27.7 Å². The van der Waals surface area contributed by atoms with Crippen LogP contribution in [0.1, 0.15) is 34.5 Å². The van der Waals surface area contributed by atoms with Gasteiger partial charge in [-0.3, -0.25) is 14.6 Å². The molecule has 142 valence electrons. The highest BCUT2D eigenvalue weighted by Gasteiger charge is 2.29. The van der Waals surface area contributed by atoms with Gasteiger partial charge in [-0.25, -0.2) is 0 Å². The predicted molar refractivity (Wildman–Crippen MR) is 112 cm³/mol. The van der Waals surface area contributed by atoms with E-state index in [1.807, 2.05) is 32.0 Å². The SMILES string of the molecule is Cc1ccc(NC(=O)C2CC2)cc1NC(=O)c1cc2cc(Cl)ccc2nc1C. The third kappa shape index (κ3) is 3.85. The van der Waals surface area contributed by atoms with Crippen molar-refractivity contribution in [2.75, 3.05) is 10.6 Å². The number of carbonyl (C=O) groups is 2. The molecule has 2 N–H and O–H groups in total. The minimum absolute atomic E-state index is 0.0348. The summed E-state index contributed by atoms with van der Waals surface area (Å²) in [6, 6.07) is 12.7. The van der Waals surface area contributed by atoms with Gasteiger partial charge in [0.25, 0.3) is 5.91 Å². The number of aryl methyl sites for hydroxylation is 2. The van der Waals surface area contributed by atoms with Gasteiger partial charge in [0.2, 0.25) is 5.91 Å². The first-order valence-electron chi connectivity index (χ1n) is 9.20. The third-order valence-electron chi connectivity index (χ3n) is 4.91. The maximum atomic E-state index is 12.9. The third-order valence-corrected chi connectivity index (χ3v) is 5.15. The van der Waals surface area contributed by atoms with E-state index in [1.54, 1.807) is 24.3 Å². The molecule has 0 aliphatic heterocycles. The highest BCUT2D eigenvalue weighted by molar-refractivity contribution is 6.31. The number of anilines is 2. The fraction of sp³-hybridized carbons (Fsp3) is 0.227. The molecule has 6 heteroatoms. The molecule has 2 amide bonds. The Kier molecular flexibility index (Phi) is 4.77. The fourth-order valence-electron chi connectivity index (χ4n) is 3.09. The van der Waals surface area contributed by atoms with Crippen molar-refractivity contribution in [3.05, 3.63) is 64.3 Å². The van der Waals surface area contributed by atoms with E-state index in [-0.39, 0.29) is 17.7 Å². The largest absolute Gasteiger partial charge is 0.326 e. The van der Waals surface area contributed by atoms with Gasteiger partial charge >= 0.3 is 0 Å². The van der Waals surface area contributed by atoms with Crippen LogP contribution in [0.25, 0.3) is 10.9 Å². The summed E-state index contributed by atoms with van der Waals surface area (Å²) in [6.07, 6.45) is 1.89. The highest BCUT2D eigenvalue weighted by Crippen LogP contribution is 2.31. The zero-order chi connectivity index (χ0) is 19.8. The number of benzene rings is 2. The molecular formula is C22H20ClN3O2. The van der Waals surface area contributed by atoms with Crippen LogP contribution in [0.4, 0.5) is 11.4 Å². The van der Waals surface area contributed by atoms with E-state index in [9.17, 15) is 9.59 Å². The number of amides is 2. The first-order valence-corrected chi connectivity index (χ1v) is 9.58. The quantitative estimate of drug-likeness (QED) is 0.647. The molecule has 1 saturated carbocycles. The zero-order valence-corrected chi connectivity index (χ0v) is 16.4. The molecule has 0 radical (unpaired) electrons. The van der Waals surface area contributed by atoms with Gasteiger partial charge in [-0.05, 0) is 68.7 Å². The molecule has 3 aromatic rings. The van der Waals surface area contributed by atoms with Crippen LogP contribution in [-0.2, 0) is 4.79 Å². The number of pyridine rings is 1. The maximum Gasteiger partial charge on any atom is 0.257 e. The smallest absolute Gasteiger partial charge is 0.257 e. The van der Waals surface area contributed by atoms with Crippen molar-refractivity contribution in [3.63, 3.8) is 0 Å². The minimum Gasteiger partial charge on any atom is -0.326 e. The second-order valence-corrected chi connectivity index (χ2v) is 7.64. The first kappa shape index (κ1) is 18.4. The Balaban J connectivity index is 1.60. The molecule has 0 atom stereocenters. The van der Waals surface area contributed by atoms with Crippen LogP contribution in [0.15, 0.2) is 42.5 Å². The highest BCUT2D eigenvalue weighted by atomic mass is 35.5. The van der Waals surface area contributed by atoms with Gasteiger partial charge in [0.05, 0.1) is 16.8 Å². The Labute approximate surface area is 168 Å². The van der Waals surface area contributed by atoms with E-state index >= 15 is 0 Å². The number of halogens is 1. The van der Waals surface area contributed by atoms with Crippen molar-refractivity contribution in [2.45, 2.75) is 26.7 Å². The van der Waals surface area contributed by atoms with E-state index in [4.69, 9.17) is 11.6 Å². The van der Waals surface area contributed by atoms with Crippen molar-refractivity contribution < 1.29 is 9.59 Å². The summed E-state index contributed by atoms with van der Waals surface area (Å²) in [5, 5.41) is 7.26. The second kappa shape index (κ2) is 7.24. The van der Waals surface area contributed by atoms with Crippen molar-refractivity contribution in [1.82, 2.24) is 4.98 Å². The monoisotopic (exact) mass is 393 g/mol. The summed E-state index contributed by atoms with van der Waals surface area (Å²) >= 11 is 6.06. The van der Waals surface area contributed by atoms with Crippen LogP contribution in [-0.4, -0.2) is 16.8 Å². The summed E-state index contributed by atoms with van der Waals surface area (Å²) in [5.74, 6) is -0.0919. The molecule has 28 heavy (non-hydrogen) atoms. The molecule has 1 aliphatic rings. The second-order valence-electron chi connectivity index (χ2n) is 7.21. The summed E-state index contributed by atoms with van der Waals surface area (Å²) < 4.78 is 0. The predicted octanol–water partition coefficient (Wildman–Crippen LogP) is 5.11. The number of aromatic nitrogens is 1. The van der Waals surface area contributed by atoms with Crippen molar-refractivity contribution in [2.24, 2.45) is 5.92 Å². The van der Waals surface area contributed by atoms with Gasteiger partial charge in [-0.2, -0.15) is 0 Å². The average molecular weight is 394 g/mol. The molecule has 1 heterocycles. The van der Waals surface area contributed by atoms with E-state index in [2.05, 4.69) is 15.6 Å². The van der Waals surface area contributed by atoms with Crippen LogP contribution < -0.4 is 10.6 Å². The Bertz CT molecular complexity index is 1110. The van der Waals surface area contributed by atoms with Crippen molar-refractivity contribution >= 4 is 45.7 Å². The minimum atomic E-state index is -0.249. The Morgan fingerprint density at radius 2 is 1.82 bits per heavy atom. The van der Waals surface area contributed by atoms with Gasteiger partial charge in [0.15, 0.2) is 0 Å². The lowest BCUT2D eigenvalue weighted by Crippen LogP contribution is -2.16. The van der Waals surface area contributed by atoms with Crippen LogP contribution in [0.5, 0.6) is 0 Å². The Morgan fingerprint density at radius 3 is 2.57 bits per heavy atom. The summed E-state index contributed by atoms with van der Waals surface area (Å²) in [6.45, 7) is 3.72. The topological polar surface area (TPSA) is 71.1 Å². The number of fused-ring (bicyclic) bond motifs is 1. The molecule has 5 nitrogen and oxygen atoms in total. The standard InChI is InChI=1S/C22H20ClN3O2/c1-12-3-7-17(25-21(27)14-4-5-14)11-20(12)26-22(28)18-10-15-9-16(23)6-8-19(15)24-13(18)2/h3,6-11,14H,4-5H2,1-2H3,(H,25,27)(H,26,28). The van der Waals surface area contributed by atoms with E-state index in [0.717, 1.165) is 29.3 Å². The summed E-state index contributed by atoms with van der Waals surface area (Å²) in [7, 11) is 0. The molecule has 1 aromatic heterocycles. The van der Waals surface area contributed by atoms with Crippen molar-refractivity contribution in [1.29, 1.82) is 0 Å². The van der Waals surface area contributed by atoms with Crippen molar-refractivity contribution in [3.8, 4) is 0 Å². The maximum absolute atomic E-state index is 12.9. The van der Waals surface area contributed by atoms with Crippen LogP contribution >= 0.6 is 11.6 Å². The lowest BCUT2D eigenvalue weighted by molar-refractivity contribution is -0.117. The van der Waals surface area contributed by atoms with Crippen LogP contribution in [0, 0.1) is 19.8 Å². The molecule has 0 spiro atoms. The molecule has 0 bridgehead atoms. The molecule has 4 rings (SSSR count). The Hall–Kier alpha value is -2.92. The number of rotatable bonds is 4. The molecular weight excluding hydrogens is 374 g/mol. The average Bonchev–Trinajstić information content (AvgIpc) is 3.49. The molecule has 2 aromatic carbocycles. The van der Waals surface area contributed by atoms with Gasteiger partial charge < -0.3 is 10.6 Å². The van der Waals surface area contributed by atoms with E-state index < -0.39 is 0 Å².